The quantitative estimate of drug-likeness (QED) is 0.176. The maximum atomic E-state index is 6.49. The minimum Gasteiger partial charge on any atom is -0.520 e. The van der Waals surface area contributed by atoms with Gasteiger partial charge in [-0.25, -0.2) is 0 Å². The van der Waals surface area contributed by atoms with Crippen molar-refractivity contribution in [2.75, 3.05) is 0 Å². The number of fused-ring (bicyclic) bond motifs is 5. The molecule has 2 saturated heterocycles. The normalized spacial score (nSPS) is 18.2. The second-order valence-electron chi connectivity index (χ2n) is 15.6. The summed E-state index contributed by atoms with van der Waals surface area (Å²) in [4.78, 5) is 0. The molecule has 6 heteroatoms. The Bertz CT molecular complexity index is 2440. The van der Waals surface area contributed by atoms with Crippen molar-refractivity contribution in [1.29, 1.82) is 0 Å². The van der Waals surface area contributed by atoms with Crippen LogP contribution < -0.4 is 10.9 Å². The molecule has 6 aromatic carbocycles. The molecule has 2 heterocycles. The second kappa shape index (κ2) is 11.0. The molecule has 0 saturated carbocycles. The molecule has 2 aliphatic heterocycles. The fourth-order valence-corrected chi connectivity index (χ4v) is 8.14. The summed E-state index contributed by atoms with van der Waals surface area (Å²) < 4.78 is 24.8. The van der Waals surface area contributed by atoms with Gasteiger partial charge in [0, 0.05) is 10.9 Å². The standard InChI is InChI=1S/C45H40B2O4/c1-27-28(2)49-46(48-27)41-23-21-31(33-13-9-11-15-37(33)41)29-17-19-35-36-20-18-30(26-40(36)43(3,4)39(35)25-29)32-22-24-42(38-16-12-10-14-34(32)38)47-50-44(5,6)45(7,8)51-47/h9-26H,1-2H2,3-8H3. The number of hydrogen-bond acceptors (Lipinski definition) is 4. The highest BCUT2D eigenvalue weighted by Gasteiger charge is 2.52. The fourth-order valence-electron chi connectivity index (χ4n) is 8.14. The first-order chi connectivity index (χ1) is 24.3. The average Bonchev–Trinajstić information content (AvgIpc) is 3.66. The lowest BCUT2D eigenvalue weighted by atomic mass is 9.74. The van der Waals surface area contributed by atoms with Crippen molar-refractivity contribution in [1.82, 2.24) is 0 Å². The Kier molecular flexibility index (Phi) is 6.87. The van der Waals surface area contributed by atoms with Gasteiger partial charge in [0.15, 0.2) is 0 Å². The minimum absolute atomic E-state index is 0.197. The molecule has 0 unspecified atom stereocenters. The molecular formula is C45H40B2O4. The fraction of sp³-hybridized carbons (Fsp3) is 0.200. The summed E-state index contributed by atoms with van der Waals surface area (Å²) in [5.41, 5.74) is 11.0. The molecule has 0 N–H and O–H groups in total. The molecule has 1 aliphatic carbocycles. The van der Waals surface area contributed by atoms with Gasteiger partial charge in [0.05, 0.1) is 11.2 Å². The first-order valence-corrected chi connectivity index (χ1v) is 17.7. The van der Waals surface area contributed by atoms with Gasteiger partial charge in [0.1, 0.15) is 11.5 Å². The molecule has 0 atom stereocenters. The number of hydrogen-bond donors (Lipinski definition) is 0. The molecule has 0 radical (unpaired) electrons. The molecule has 3 aliphatic rings. The highest BCUT2D eigenvalue weighted by atomic mass is 16.7. The van der Waals surface area contributed by atoms with Crippen molar-refractivity contribution in [3.63, 3.8) is 0 Å². The summed E-state index contributed by atoms with van der Waals surface area (Å²) >= 11 is 0. The third-order valence-corrected chi connectivity index (χ3v) is 11.8. The second-order valence-corrected chi connectivity index (χ2v) is 15.6. The van der Waals surface area contributed by atoms with E-state index in [1.165, 1.54) is 49.9 Å². The highest BCUT2D eigenvalue weighted by molar-refractivity contribution is 6.66. The van der Waals surface area contributed by atoms with Gasteiger partial charge in [-0.15, -0.1) is 0 Å². The summed E-state index contributed by atoms with van der Waals surface area (Å²) in [7, 11) is -0.974. The molecule has 9 rings (SSSR count). The zero-order chi connectivity index (χ0) is 35.4. The van der Waals surface area contributed by atoms with Crippen LogP contribution in [0.4, 0.5) is 0 Å². The lowest BCUT2D eigenvalue weighted by molar-refractivity contribution is 0.00578. The Balaban J connectivity index is 1.10. The summed E-state index contributed by atoms with van der Waals surface area (Å²) in [6.07, 6.45) is 0. The summed E-state index contributed by atoms with van der Waals surface area (Å²) in [5, 5.41) is 4.58. The average molecular weight is 666 g/mol. The van der Waals surface area contributed by atoms with Gasteiger partial charge >= 0.3 is 14.2 Å². The monoisotopic (exact) mass is 666 g/mol. The first kappa shape index (κ1) is 31.9. The van der Waals surface area contributed by atoms with E-state index in [0.717, 1.165) is 27.1 Å². The molecule has 2 fully saturated rings. The van der Waals surface area contributed by atoms with Gasteiger partial charge in [0.2, 0.25) is 0 Å². The van der Waals surface area contributed by atoms with Crippen molar-refractivity contribution < 1.29 is 18.6 Å². The van der Waals surface area contributed by atoms with Crippen LogP contribution in [-0.2, 0) is 24.0 Å². The van der Waals surface area contributed by atoms with E-state index in [9.17, 15) is 0 Å². The van der Waals surface area contributed by atoms with Crippen LogP contribution in [0, 0.1) is 0 Å². The van der Waals surface area contributed by atoms with Crippen LogP contribution in [0.1, 0.15) is 52.7 Å². The van der Waals surface area contributed by atoms with Crippen LogP contribution in [0.3, 0.4) is 0 Å². The maximum absolute atomic E-state index is 6.49. The van der Waals surface area contributed by atoms with Crippen LogP contribution in [0.25, 0.3) is 54.9 Å². The summed E-state index contributed by atoms with van der Waals surface area (Å²) in [6, 6.07) is 39.7. The predicted molar refractivity (Wildman–Crippen MR) is 211 cm³/mol. The van der Waals surface area contributed by atoms with Crippen LogP contribution in [0.2, 0.25) is 0 Å². The van der Waals surface area contributed by atoms with Crippen LogP contribution in [0.5, 0.6) is 0 Å². The molecule has 4 nitrogen and oxygen atoms in total. The van der Waals surface area contributed by atoms with Gasteiger partial charge in [-0.1, -0.05) is 124 Å². The van der Waals surface area contributed by atoms with Gasteiger partial charge in [-0.2, -0.15) is 0 Å². The minimum atomic E-state index is -0.552. The highest BCUT2D eigenvalue weighted by Crippen LogP contribution is 2.51. The number of rotatable bonds is 4. The Morgan fingerprint density at radius 2 is 0.843 bits per heavy atom. The zero-order valence-electron chi connectivity index (χ0n) is 30.1. The molecule has 0 amide bonds. The van der Waals surface area contributed by atoms with E-state index < -0.39 is 25.4 Å². The summed E-state index contributed by atoms with van der Waals surface area (Å²) in [6.45, 7) is 21.0. The summed E-state index contributed by atoms with van der Waals surface area (Å²) in [5.74, 6) is 0.951. The smallest absolute Gasteiger partial charge is 0.520 e. The third-order valence-electron chi connectivity index (χ3n) is 11.8. The SMILES string of the molecule is C=C1OB(c2ccc(-c3ccc4c(c3)C(C)(C)c3cc(-c5ccc(B6OC(C)(C)C(C)(C)O6)c6ccccc56)ccc3-4)c3ccccc23)OC1=C. The Morgan fingerprint density at radius 1 is 0.451 bits per heavy atom. The maximum Gasteiger partial charge on any atom is 0.633 e. The zero-order valence-corrected chi connectivity index (χ0v) is 30.1. The topological polar surface area (TPSA) is 36.9 Å². The molecule has 0 aromatic heterocycles. The Morgan fingerprint density at radius 3 is 1.29 bits per heavy atom. The van der Waals surface area contributed by atoms with Crippen LogP contribution >= 0.6 is 0 Å². The Hall–Kier alpha value is -5.03. The lowest BCUT2D eigenvalue weighted by Crippen LogP contribution is -2.41. The third kappa shape index (κ3) is 4.77. The van der Waals surface area contributed by atoms with E-state index >= 15 is 0 Å². The lowest BCUT2D eigenvalue weighted by Gasteiger charge is -2.32. The van der Waals surface area contributed by atoms with E-state index in [1.807, 2.05) is 0 Å². The molecule has 6 aromatic rings. The van der Waals surface area contributed by atoms with E-state index in [-0.39, 0.29) is 5.41 Å². The van der Waals surface area contributed by atoms with Crippen molar-refractivity contribution in [3.05, 3.63) is 145 Å². The van der Waals surface area contributed by atoms with Crippen LogP contribution in [0.15, 0.2) is 134 Å². The van der Waals surface area contributed by atoms with Crippen molar-refractivity contribution >= 4 is 46.7 Å². The van der Waals surface area contributed by atoms with Crippen molar-refractivity contribution in [2.24, 2.45) is 0 Å². The molecule has 0 spiro atoms. The van der Waals surface area contributed by atoms with Crippen molar-refractivity contribution in [3.8, 4) is 33.4 Å². The molecule has 250 valence electrons. The first-order valence-electron chi connectivity index (χ1n) is 17.7. The van der Waals surface area contributed by atoms with Gasteiger partial charge in [-0.3, -0.25) is 0 Å². The Labute approximate surface area is 301 Å². The molecule has 0 bridgehead atoms. The van der Waals surface area contributed by atoms with Crippen LogP contribution in [-0.4, -0.2) is 25.4 Å². The van der Waals surface area contributed by atoms with E-state index in [4.69, 9.17) is 18.6 Å². The van der Waals surface area contributed by atoms with Gasteiger partial charge in [-0.05, 0) is 111 Å². The predicted octanol–water partition coefficient (Wildman–Crippen LogP) is 9.70. The van der Waals surface area contributed by atoms with Crippen molar-refractivity contribution in [2.45, 2.75) is 58.2 Å². The molecule has 51 heavy (non-hydrogen) atoms. The largest absolute Gasteiger partial charge is 0.633 e. The van der Waals surface area contributed by atoms with E-state index in [2.05, 4.69) is 164 Å². The molecular weight excluding hydrogens is 626 g/mol. The van der Waals surface area contributed by atoms with E-state index in [0.29, 0.717) is 11.5 Å². The van der Waals surface area contributed by atoms with Gasteiger partial charge in [0.25, 0.3) is 0 Å². The van der Waals surface area contributed by atoms with E-state index in [1.54, 1.807) is 0 Å². The van der Waals surface area contributed by atoms with Gasteiger partial charge < -0.3 is 18.6 Å². The number of benzene rings is 6.